The quantitative estimate of drug-likeness (QED) is 0.622. The Kier molecular flexibility index (Phi) is 6.04. The summed E-state index contributed by atoms with van der Waals surface area (Å²) < 4.78 is 33.2. The van der Waals surface area contributed by atoms with Crippen LogP contribution in [-0.2, 0) is 14.3 Å². The average molecular weight is 354 g/mol. The molecule has 1 aliphatic rings. The zero-order valence-corrected chi connectivity index (χ0v) is 13.3. The van der Waals surface area contributed by atoms with E-state index in [0.29, 0.717) is 12.1 Å². The molecular weight excluding hydrogens is 338 g/mol. The Labute approximate surface area is 142 Å². The number of rotatable bonds is 6. The molecular formula is C16H16F2N2O5. The highest BCUT2D eigenvalue weighted by Gasteiger charge is 2.31. The van der Waals surface area contributed by atoms with Crippen molar-refractivity contribution in [2.24, 2.45) is 0 Å². The minimum absolute atomic E-state index is 0.00200. The van der Waals surface area contributed by atoms with Gasteiger partial charge in [0.2, 0.25) is 0 Å². The number of alkyl halides is 2. The van der Waals surface area contributed by atoms with Gasteiger partial charge in [0.15, 0.2) is 6.10 Å². The summed E-state index contributed by atoms with van der Waals surface area (Å²) in [6.45, 7) is -0.956. The van der Waals surface area contributed by atoms with Gasteiger partial charge in [-0.05, 0) is 30.7 Å². The van der Waals surface area contributed by atoms with Crippen LogP contribution in [-0.4, -0.2) is 48.6 Å². The van der Waals surface area contributed by atoms with Crippen molar-refractivity contribution in [2.75, 3.05) is 13.1 Å². The Morgan fingerprint density at radius 3 is 2.52 bits per heavy atom. The van der Waals surface area contributed by atoms with Crippen LogP contribution in [0.3, 0.4) is 0 Å². The lowest BCUT2D eigenvalue weighted by molar-refractivity contribution is -0.153. The van der Waals surface area contributed by atoms with Crippen LogP contribution < -0.4 is 10.1 Å². The van der Waals surface area contributed by atoms with Crippen molar-refractivity contribution in [3.05, 3.63) is 35.9 Å². The molecule has 0 bridgehead atoms. The second-order valence-electron chi connectivity index (χ2n) is 5.08. The van der Waals surface area contributed by atoms with Gasteiger partial charge < -0.3 is 14.8 Å². The van der Waals surface area contributed by atoms with E-state index in [9.17, 15) is 23.2 Å². The number of hydrogen-bond acceptors (Lipinski definition) is 5. The normalized spacial score (nSPS) is 15.4. The van der Waals surface area contributed by atoms with E-state index in [-0.39, 0.29) is 12.3 Å². The predicted molar refractivity (Wildman–Crippen MR) is 82.8 cm³/mol. The van der Waals surface area contributed by atoms with Crippen LogP contribution in [0.4, 0.5) is 13.6 Å². The van der Waals surface area contributed by atoms with E-state index >= 15 is 0 Å². The summed E-state index contributed by atoms with van der Waals surface area (Å²) in [6.07, 6.45) is 1.38. The molecule has 7 nitrogen and oxygen atoms in total. The fraction of sp³-hybridized carbons (Fsp3) is 0.312. The zero-order chi connectivity index (χ0) is 18.4. The van der Waals surface area contributed by atoms with E-state index in [4.69, 9.17) is 4.74 Å². The van der Waals surface area contributed by atoms with Gasteiger partial charge in [0, 0.05) is 19.2 Å². The van der Waals surface area contributed by atoms with Gasteiger partial charge in [-0.2, -0.15) is 8.78 Å². The second kappa shape index (κ2) is 8.22. The number of nitrogens with zero attached hydrogens (tertiary/aromatic N) is 1. The second-order valence-corrected chi connectivity index (χ2v) is 5.08. The fourth-order valence-corrected chi connectivity index (χ4v) is 2.09. The van der Waals surface area contributed by atoms with Gasteiger partial charge in [-0.1, -0.05) is 12.1 Å². The van der Waals surface area contributed by atoms with Crippen molar-refractivity contribution in [2.45, 2.75) is 19.6 Å². The summed E-state index contributed by atoms with van der Waals surface area (Å²) in [7, 11) is 0. The average Bonchev–Trinajstić information content (AvgIpc) is 2.99. The summed E-state index contributed by atoms with van der Waals surface area (Å²) in [5.74, 6) is -1.38. The van der Waals surface area contributed by atoms with E-state index in [1.165, 1.54) is 37.3 Å². The number of benzene rings is 1. The number of halogens is 2. The Morgan fingerprint density at radius 2 is 1.96 bits per heavy atom. The number of imide groups is 1. The molecule has 134 valence electrons. The summed E-state index contributed by atoms with van der Waals surface area (Å²) in [5.41, 5.74) is 0.552. The third-order valence-electron chi connectivity index (χ3n) is 3.28. The topological polar surface area (TPSA) is 84.9 Å². The number of carbonyl (C=O) groups excluding carboxylic acids is 3. The first kappa shape index (κ1) is 18.4. The Hall–Kier alpha value is -2.97. The van der Waals surface area contributed by atoms with Gasteiger partial charge in [-0.15, -0.1) is 0 Å². The van der Waals surface area contributed by atoms with Crippen LogP contribution in [0.1, 0.15) is 12.5 Å². The highest BCUT2D eigenvalue weighted by Crippen LogP contribution is 2.15. The Bertz CT molecular complexity index is 676. The Balaban J connectivity index is 1.87. The molecule has 1 saturated heterocycles. The molecule has 1 heterocycles. The van der Waals surface area contributed by atoms with Gasteiger partial charge in [-0.25, -0.2) is 9.59 Å². The van der Waals surface area contributed by atoms with Crippen molar-refractivity contribution >= 4 is 24.0 Å². The molecule has 3 amide bonds. The van der Waals surface area contributed by atoms with E-state index in [1.54, 1.807) is 0 Å². The highest BCUT2D eigenvalue weighted by atomic mass is 19.3. The van der Waals surface area contributed by atoms with E-state index in [1.807, 2.05) is 0 Å². The molecule has 1 aromatic carbocycles. The maximum absolute atomic E-state index is 12.0. The van der Waals surface area contributed by atoms with Crippen molar-refractivity contribution in [1.82, 2.24) is 10.2 Å². The van der Waals surface area contributed by atoms with Crippen LogP contribution in [0, 0.1) is 0 Å². The lowest BCUT2D eigenvalue weighted by atomic mass is 10.2. The summed E-state index contributed by atoms with van der Waals surface area (Å²) in [5, 5.41) is 2.48. The molecule has 0 saturated carbocycles. The van der Waals surface area contributed by atoms with Crippen molar-refractivity contribution in [3.63, 3.8) is 0 Å². The van der Waals surface area contributed by atoms with Crippen molar-refractivity contribution in [1.29, 1.82) is 0 Å². The first-order chi connectivity index (χ1) is 11.9. The summed E-state index contributed by atoms with van der Waals surface area (Å²) >= 11 is 0. The van der Waals surface area contributed by atoms with E-state index in [2.05, 4.69) is 10.1 Å². The maximum Gasteiger partial charge on any atom is 0.387 e. The molecule has 1 aliphatic heterocycles. The first-order valence-electron chi connectivity index (χ1n) is 7.39. The van der Waals surface area contributed by atoms with E-state index < -0.39 is 30.6 Å². The van der Waals surface area contributed by atoms with Crippen LogP contribution in [0.15, 0.2) is 30.3 Å². The number of esters is 1. The van der Waals surface area contributed by atoms with Gasteiger partial charge in [0.05, 0.1) is 0 Å². The SMILES string of the molecule is C[C@@H](OC(=O)/C=C/c1ccc(OC(F)F)cc1)C(=O)N1CCNC1=O. The smallest absolute Gasteiger partial charge is 0.387 e. The van der Waals surface area contributed by atoms with Crippen molar-refractivity contribution < 1.29 is 32.6 Å². The largest absolute Gasteiger partial charge is 0.449 e. The van der Waals surface area contributed by atoms with Crippen LogP contribution in [0.2, 0.25) is 0 Å². The van der Waals surface area contributed by atoms with Crippen LogP contribution in [0.5, 0.6) is 5.75 Å². The standard InChI is InChI=1S/C16H16F2N2O5/c1-10(14(22)20-9-8-19-16(20)23)24-13(21)7-4-11-2-5-12(6-3-11)25-15(17)18/h2-7,10,15H,8-9H2,1H3,(H,19,23)/b7-4+/t10-/m1/s1. The summed E-state index contributed by atoms with van der Waals surface area (Å²) in [4.78, 5) is 36.1. The molecule has 0 aliphatic carbocycles. The molecule has 9 heteroatoms. The monoisotopic (exact) mass is 354 g/mol. The number of carbonyl (C=O) groups is 3. The molecule has 1 fully saturated rings. The van der Waals surface area contributed by atoms with E-state index in [0.717, 1.165) is 11.0 Å². The number of nitrogens with one attached hydrogen (secondary N) is 1. The molecule has 0 spiro atoms. The zero-order valence-electron chi connectivity index (χ0n) is 13.3. The summed E-state index contributed by atoms with van der Waals surface area (Å²) in [6, 6.07) is 5.09. The van der Waals surface area contributed by atoms with Gasteiger partial charge in [-0.3, -0.25) is 9.69 Å². The Morgan fingerprint density at radius 1 is 1.28 bits per heavy atom. The third kappa shape index (κ3) is 5.27. The van der Waals surface area contributed by atoms with Gasteiger partial charge >= 0.3 is 18.6 Å². The molecule has 2 rings (SSSR count). The van der Waals surface area contributed by atoms with Gasteiger partial charge in [0.25, 0.3) is 5.91 Å². The highest BCUT2D eigenvalue weighted by molar-refractivity contribution is 5.99. The minimum atomic E-state index is -2.91. The molecule has 1 aromatic rings. The van der Waals surface area contributed by atoms with Crippen molar-refractivity contribution in [3.8, 4) is 5.75 Å². The molecule has 0 aromatic heterocycles. The maximum atomic E-state index is 12.0. The molecule has 0 radical (unpaired) electrons. The number of urea groups is 1. The third-order valence-corrected chi connectivity index (χ3v) is 3.28. The molecule has 25 heavy (non-hydrogen) atoms. The lowest BCUT2D eigenvalue weighted by Gasteiger charge is -2.17. The predicted octanol–water partition coefficient (Wildman–Crippen LogP) is 1.78. The fourth-order valence-electron chi connectivity index (χ4n) is 2.09. The van der Waals surface area contributed by atoms with Gasteiger partial charge in [0.1, 0.15) is 5.75 Å². The minimum Gasteiger partial charge on any atom is -0.449 e. The van der Waals surface area contributed by atoms with Crippen LogP contribution >= 0.6 is 0 Å². The molecule has 0 unspecified atom stereocenters. The number of ether oxygens (including phenoxy) is 2. The lowest BCUT2D eigenvalue weighted by Crippen LogP contribution is -2.41. The number of amides is 3. The number of hydrogen-bond donors (Lipinski definition) is 1. The molecule has 1 atom stereocenters. The molecule has 1 N–H and O–H groups in total. The first-order valence-corrected chi connectivity index (χ1v) is 7.39. The van der Waals surface area contributed by atoms with Crippen LogP contribution in [0.25, 0.3) is 6.08 Å².